The lowest BCUT2D eigenvalue weighted by molar-refractivity contribution is -0.138. The van der Waals surface area contributed by atoms with Crippen molar-refractivity contribution in [3.8, 4) is 0 Å². The molecule has 0 spiro atoms. The molecule has 0 aliphatic carbocycles. The van der Waals surface area contributed by atoms with E-state index >= 15 is 0 Å². The van der Waals surface area contributed by atoms with Crippen LogP contribution in [0.3, 0.4) is 0 Å². The molecule has 1 atom stereocenters. The molecule has 1 aliphatic heterocycles. The Hall–Kier alpha value is -2.95. The molecular formula is C21H21FN2O2. The third-order valence-electron chi connectivity index (χ3n) is 4.64. The Balaban J connectivity index is 1.66. The number of fused-ring (bicyclic) bond motifs is 1. The molecule has 2 amide bonds. The average molecular weight is 352 g/mol. The van der Waals surface area contributed by atoms with Crippen LogP contribution in [0.4, 0.5) is 4.39 Å². The van der Waals surface area contributed by atoms with E-state index in [9.17, 15) is 14.0 Å². The maximum absolute atomic E-state index is 12.9. The van der Waals surface area contributed by atoms with E-state index in [4.69, 9.17) is 0 Å². The van der Waals surface area contributed by atoms with Gasteiger partial charge in [-0.05, 0) is 41.3 Å². The summed E-state index contributed by atoms with van der Waals surface area (Å²) < 4.78 is 12.9. The van der Waals surface area contributed by atoms with Gasteiger partial charge in [0.25, 0.3) is 0 Å². The molecule has 1 heterocycles. The minimum absolute atomic E-state index is 0.184. The number of nitrogens with zero attached hydrogens (tertiary/aromatic N) is 1. The first-order valence-corrected chi connectivity index (χ1v) is 8.60. The molecule has 2 aromatic carbocycles. The first-order valence-electron chi connectivity index (χ1n) is 8.60. The van der Waals surface area contributed by atoms with Crippen LogP contribution in [-0.4, -0.2) is 29.3 Å². The van der Waals surface area contributed by atoms with Gasteiger partial charge >= 0.3 is 0 Å². The Kier molecular flexibility index (Phi) is 5.46. The number of amides is 2. The van der Waals surface area contributed by atoms with E-state index in [1.165, 1.54) is 18.2 Å². The molecule has 134 valence electrons. The summed E-state index contributed by atoms with van der Waals surface area (Å²) in [7, 11) is 0. The normalized spacial score (nSPS) is 15.9. The molecule has 0 fully saturated rings. The largest absolute Gasteiger partial charge is 0.354 e. The Morgan fingerprint density at radius 1 is 1.15 bits per heavy atom. The maximum Gasteiger partial charge on any atom is 0.246 e. The third kappa shape index (κ3) is 3.99. The molecule has 0 saturated carbocycles. The fourth-order valence-electron chi connectivity index (χ4n) is 3.21. The van der Waals surface area contributed by atoms with Gasteiger partial charge in [-0.1, -0.05) is 43.0 Å². The van der Waals surface area contributed by atoms with Crippen LogP contribution >= 0.6 is 0 Å². The van der Waals surface area contributed by atoms with Crippen LogP contribution in [-0.2, 0) is 29.0 Å². The highest BCUT2D eigenvalue weighted by atomic mass is 19.1. The van der Waals surface area contributed by atoms with Crippen molar-refractivity contribution in [2.24, 2.45) is 0 Å². The van der Waals surface area contributed by atoms with Crippen molar-refractivity contribution in [2.45, 2.75) is 25.4 Å². The maximum atomic E-state index is 12.9. The predicted octanol–water partition coefficient (Wildman–Crippen LogP) is 2.62. The van der Waals surface area contributed by atoms with Gasteiger partial charge in [-0.2, -0.15) is 0 Å². The monoisotopic (exact) mass is 352 g/mol. The van der Waals surface area contributed by atoms with Crippen molar-refractivity contribution in [1.29, 1.82) is 0 Å². The van der Waals surface area contributed by atoms with E-state index in [2.05, 4.69) is 11.9 Å². The highest BCUT2D eigenvalue weighted by Crippen LogP contribution is 2.23. The van der Waals surface area contributed by atoms with E-state index in [-0.39, 0.29) is 17.6 Å². The molecule has 0 radical (unpaired) electrons. The number of carbonyl (C=O) groups excluding carboxylic acids is 2. The van der Waals surface area contributed by atoms with E-state index in [1.54, 1.807) is 17.0 Å². The van der Waals surface area contributed by atoms with Crippen LogP contribution in [0, 0.1) is 5.82 Å². The highest BCUT2D eigenvalue weighted by Gasteiger charge is 2.33. The van der Waals surface area contributed by atoms with E-state index in [1.807, 2.05) is 24.3 Å². The topological polar surface area (TPSA) is 49.4 Å². The summed E-state index contributed by atoms with van der Waals surface area (Å²) in [4.78, 5) is 26.5. The van der Waals surface area contributed by atoms with Gasteiger partial charge in [-0.15, -0.1) is 0 Å². The number of nitrogens with one attached hydrogen (secondary N) is 1. The summed E-state index contributed by atoms with van der Waals surface area (Å²) in [5.41, 5.74) is 3.08. The second kappa shape index (κ2) is 7.95. The molecule has 0 saturated heterocycles. The lowest BCUT2D eigenvalue weighted by Crippen LogP contribution is -2.52. The number of carbonyl (C=O) groups is 2. The van der Waals surface area contributed by atoms with Crippen LogP contribution in [0.5, 0.6) is 0 Å². The first-order chi connectivity index (χ1) is 12.6. The zero-order chi connectivity index (χ0) is 18.5. The number of rotatable bonds is 5. The van der Waals surface area contributed by atoms with E-state index < -0.39 is 6.04 Å². The predicted molar refractivity (Wildman–Crippen MR) is 97.8 cm³/mol. The number of hydrogen-bond acceptors (Lipinski definition) is 2. The fourth-order valence-corrected chi connectivity index (χ4v) is 3.21. The van der Waals surface area contributed by atoms with Crippen molar-refractivity contribution < 1.29 is 14.0 Å². The van der Waals surface area contributed by atoms with E-state index in [0.717, 1.165) is 16.7 Å². The second-order valence-electron chi connectivity index (χ2n) is 6.33. The van der Waals surface area contributed by atoms with Crippen LogP contribution in [0.1, 0.15) is 16.7 Å². The molecule has 4 nitrogen and oxygen atoms in total. The Bertz CT molecular complexity index is 817. The molecule has 2 aromatic rings. The number of hydrogen-bond donors (Lipinski definition) is 1. The Morgan fingerprint density at radius 2 is 1.85 bits per heavy atom. The van der Waals surface area contributed by atoms with E-state index in [0.29, 0.717) is 25.9 Å². The van der Waals surface area contributed by atoms with Crippen molar-refractivity contribution >= 4 is 11.8 Å². The molecule has 1 aliphatic rings. The first kappa shape index (κ1) is 17.9. The summed E-state index contributed by atoms with van der Waals surface area (Å²) in [6.07, 6.45) is 2.33. The summed E-state index contributed by atoms with van der Waals surface area (Å²) in [6, 6.07) is 13.5. The lowest BCUT2D eigenvalue weighted by Gasteiger charge is -2.35. The fraction of sp³-hybridized carbons (Fsp3) is 0.238. The number of benzene rings is 2. The van der Waals surface area contributed by atoms with Crippen LogP contribution in [0.15, 0.2) is 61.2 Å². The minimum Gasteiger partial charge on any atom is -0.354 e. The minimum atomic E-state index is -0.552. The van der Waals surface area contributed by atoms with Gasteiger partial charge < -0.3 is 10.2 Å². The average Bonchev–Trinajstić information content (AvgIpc) is 2.67. The summed E-state index contributed by atoms with van der Waals surface area (Å²) in [5, 5.41) is 2.89. The quantitative estimate of drug-likeness (QED) is 0.841. The van der Waals surface area contributed by atoms with Crippen LogP contribution in [0.2, 0.25) is 0 Å². The lowest BCUT2D eigenvalue weighted by atomic mass is 9.93. The molecule has 26 heavy (non-hydrogen) atoms. The standard InChI is InChI=1S/C21H21FN2O2/c1-2-20(25)24-14-17-6-4-3-5-16(17)13-19(24)21(26)23-12-11-15-7-9-18(22)10-8-15/h2-10,19H,1,11-14H2,(H,23,26)/t19-/m1/s1. The zero-order valence-corrected chi connectivity index (χ0v) is 14.5. The second-order valence-corrected chi connectivity index (χ2v) is 6.33. The smallest absolute Gasteiger partial charge is 0.246 e. The van der Waals surface area contributed by atoms with Gasteiger partial charge in [0.05, 0.1) is 0 Å². The van der Waals surface area contributed by atoms with Gasteiger partial charge in [0.2, 0.25) is 11.8 Å². The van der Waals surface area contributed by atoms with Gasteiger partial charge in [0.1, 0.15) is 11.9 Å². The number of halogens is 1. The van der Waals surface area contributed by atoms with Crippen molar-refractivity contribution in [2.75, 3.05) is 6.54 Å². The van der Waals surface area contributed by atoms with Crippen molar-refractivity contribution in [3.63, 3.8) is 0 Å². The molecular weight excluding hydrogens is 331 g/mol. The molecule has 1 N–H and O–H groups in total. The SMILES string of the molecule is C=CC(=O)N1Cc2ccccc2C[C@@H]1C(=O)NCCc1ccc(F)cc1. The third-order valence-corrected chi connectivity index (χ3v) is 4.64. The van der Waals surface area contributed by atoms with Gasteiger partial charge in [-0.25, -0.2) is 4.39 Å². The summed E-state index contributed by atoms with van der Waals surface area (Å²) in [6.45, 7) is 4.37. The van der Waals surface area contributed by atoms with Crippen molar-refractivity contribution in [1.82, 2.24) is 10.2 Å². The molecule has 0 aromatic heterocycles. The Labute approximate surface area is 152 Å². The van der Waals surface area contributed by atoms with Crippen LogP contribution in [0.25, 0.3) is 0 Å². The molecule has 0 unspecified atom stereocenters. The highest BCUT2D eigenvalue weighted by molar-refractivity contribution is 5.93. The molecule has 3 rings (SSSR count). The zero-order valence-electron chi connectivity index (χ0n) is 14.5. The van der Waals surface area contributed by atoms with Gasteiger partial charge in [0.15, 0.2) is 0 Å². The summed E-state index contributed by atoms with van der Waals surface area (Å²) in [5.74, 6) is -0.716. The van der Waals surface area contributed by atoms with Gasteiger partial charge in [0, 0.05) is 19.5 Å². The molecule has 0 bridgehead atoms. The van der Waals surface area contributed by atoms with Gasteiger partial charge in [-0.3, -0.25) is 9.59 Å². The molecule has 5 heteroatoms. The summed E-state index contributed by atoms with van der Waals surface area (Å²) >= 11 is 0. The van der Waals surface area contributed by atoms with Crippen LogP contribution < -0.4 is 5.32 Å². The Morgan fingerprint density at radius 3 is 2.54 bits per heavy atom. The van der Waals surface area contributed by atoms with Crippen molar-refractivity contribution in [3.05, 3.63) is 83.7 Å².